The molecule has 1 aliphatic heterocycles. The van der Waals surface area contributed by atoms with Crippen molar-refractivity contribution in [2.24, 2.45) is 5.92 Å². The van der Waals surface area contributed by atoms with Crippen molar-refractivity contribution in [3.8, 4) is 0 Å². The van der Waals surface area contributed by atoms with Crippen molar-refractivity contribution < 1.29 is 8.42 Å². The van der Waals surface area contributed by atoms with E-state index >= 15 is 0 Å². The second-order valence-electron chi connectivity index (χ2n) is 5.78. The number of nitrogens with zero attached hydrogens (tertiary/aromatic N) is 1. The topological polar surface area (TPSA) is 49.4 Å². The fourth-order valence-electron chi connectivity index (χ4n) is 3.15. The summed E-state index contributed by atoms with van der Waals surface area (Å²) in [4.78, 5) is 0. The highest BCUT2D eigenvalue weighted by Gasteiger charge is 2.32. The molecular formula is C13H26N2O2S. The number of hydrogen-bond donors (Lipinski definition) is 1. The quantitative estimate of drug-likeness (QED) is 0.847. The van der Waals surface area contributed by atoms with Gasteiger partial charge in [-0.2, -0.15) is 0 Å². The van der Waals surface area contributed by atoms with Gasteiger partial charge in [-0.1, -0.05) is 19.3 Å². The zero-order chi connectivity index (χ0) is 13.0. The molecule has 0 radical (unpaired) electrons. The number of nitrogens with one attached hydrogen (secondary N) is 1. The first-order valence-corrected chi connectivity index (χ1v) is 8.77. The van der Waals surface area contributed by atoms with Gasteiger partial charge in [0.2, 0.25) is 10.0 Å². The molecular weight excluding hydrogens is 248 g/mol. The second kappa shape index (κ2) is 6.35. The Morgan fingerprint density at radius 1 is 1.06 bits per heavy atom. The van der Waals surface area contributed by atoms with Crippen molar-refractivity contribution in [3.05, 3.63) is 0 Å². The molecule has 0 spiro atoms. The Bertz CT molecular complexity index is 344. The van der Waals surface area contributed by atoms with E-state index in [0.717, 1.165) is 51.6 Å². The van der Waals surface area contributed by atoms with Crippen molar-refractivity contribution in [2.45, 2.75) is 50.2 Å². The average Bonchev–Trinajstić information content (AvgIpc) is 2.41. The van der Waals surface area contributed by atoms with E-state index < -0.39 is 10.0 Å². The van der Waals surface area contributed by atoms with Crippen LogP contribution in [0.5, 0.6) is 0 Å². The Morgan fingerprint density at radius 3 is 2.28 bits per heavy atom. The van der Waals surface area contributed by atoms with Crippen LogP contribution in [0.2, 0.25) is 0 Å². The highest BCUT2D eigenvalue weighted by molar-refractivity contribution is 7.89. The summed E-state index contributed by atoms with van der Waals surface area (Å²) in [5.74, 6) is 0.537. The van der Waals surface area contributed by atoms with Gasteiger partial charge in [0.25, 0.3) is 0 Å². The van der Waals surface area contributed by atoms with Crippen molar-refractivity contribution in [1.29, 1.82) is 0 Å². The molecule has 2 aliphatic rings. The van der Waals surface area contributed by atoms with Crippen molar-refractivity contribution in [3.63, 3.8) is 0 Å². The Balaban J connectivity index is 1.91. The minimum absolute atomic E-state index is 0.113. The maximum Gasteiger partial charge on any atom is 0.216 e. The molecule has 1 heterocycles. The predicted molar refractivity (Wildman–Crippen MR) is 74.0 cm³/mol. The molecule has 0 atom stereocenters. The molecule has 1 aliphatic carbocycles. The third-order valence-electron chi connectivity index (χ3n) is 4.38. The summed E-state index contributed by atoms with van der Waals surface area (Å²) in [5, 5.41) is 3.21. The SMILES string of the molecule is CN(CC1CCNCC1)S(=O)(=O)C1CCCCC1. The maximum atomic E-state index is 12.5. The highest BCUT2D eigenvalue weighted by atomic mass is 32.2. The van der Waals surface area contributed by atoms with Gasteiger partial charge >= 0.3 is 0 Å². The third-order valence-corrected chi connectivity index (χ3v) is 6.71. The smallest absolute Gasteiger partial charge is 0.216 e. The van der Waals surface area contributed by atoms with Crippen LogP contribution >= 0.6 is 0 Å². The number of piperidine rings is 1. The highest BCUT2D eigenvalue weighted by Crippen LogP contribution is 2.26. The van der Waals surface area contributed by atoms with Gasteiger partial charge in [0.1, 0.15) is 0 Å². The summed E-state index contributed by atoms with van der Waals surface area (Å²) < 4.78 is 26.6. The zero-order valence-corrected chi connectivity index (χ0v) is 12.2. The maximum absolute atomic E-state index is 12.5. The van der Waals surface area contributed by atoms with Gasteiger partial charge in [0.05, 0.1) is 5.25 Å². The van der Waals surface area contributed by atoms with Crippen molar-refractivity contribution >= 4 is 10.0 Å². The third kappa shape index (κ3) is 3.45. The van der Waals surface area contributed by atoms with Crippen LogP contribution in [0.3, 0.4) is 0 Å². The van der Waals surface area contributed by atoms with Gasteiger partial charge in [-0.15, -0.1) is 0 Å². The van der Waals surface area contributed by atoms with Crippen LogP contribution in [0.4, 0.5) is 0 Å². The summed E-state index contributed by atoms with van der Waals surface area (Å²) in [7, 11) is -1.28. The molecule has 0 aromatic rings. The van der Waals surface area contributed by atoms with E-state index in [1.807, 2.05) is 0 Å². The van der Waals surface area contributed by atoms with Gasteiger partial charge in [0, 0.05) is 13.6 Å². The van der Waals surface area contributed by atoms with Gasteiger partial charge < -0.3 is 5.32 Å². The molecule has 0 amide bonds. The van der Waals surface area contributed by atoms with E-state index in [4.69, 9.17) is 0 Å². The fraction of sp³-hybridized carbons (Fsp3) is 1.00. The summed E-state index contributed by atoms with van der Waals surface area (Å²) in [6, 6.07) is 0. The fourth-order valence-corrected chi connectivity index (χ4v) is 5.01. The standard InChI is InChI=1S/C13H26N2O2S/c1-15(11-12-7-9-14-10-8-12)18(16,17)13-5-3-2-4-6-13/h12-14H,2-11H2,1H3. The molecule has 2 rings (SSSR count). The monoisotopic (exact) mass is 274 g/mol. The minimum Gasteiger partial charge on any atom is -0.317 e. The number of sulfonamides is 1. The average molecular weight is 274 g/mol. The summed E-state index contributed by atoms with van der Waals surface area (Å²) >= 11 is 0. The van der Waals surface area contributed by atoms with Crippen LogP contribution in [0.25, 0.3) is 0 Å². The summed E-state index contributed by atoms with van der Waals surface area (Å²) in [6.45, 7) is 2.77. The van der Waals surface area contributed by atoms with E-state index in [9.17, 15) is 8.42 Å². The minimum atomic E-state index is -3.05. The molecule has 1 N–H and O–H groups in total. The molecule has 2 fully saturated rings. The van der Waals surface area contributed by atoms with Gasteiger partial charge in [-0.3, -0.25) is 0 Å². The molecule has 5 heteroatoms. The van der Waals surface area contributed by atoms with Crippen LogP contribution in [0, 0.1) is 5.92 Å². The summed E-state index contributed by atoms with van der Waals surface area (Å²) in [6.07, 6.45) is 7.27. The zero-order valence-electron chi connectivity index (χ0n) is 11.4. The largest absolute Gasteiger partial charge is 0.317 e. The van der Waals surface area contributed by atoms with Crippen LogP contribution in [-0.2, 0) is 10.0 Å². The van der Waals surface area contributed by atoms with Crippen LogP contribution in [-0.4, -0.2) is 44.7 Å². The molecule has 0 aromatic heterocycles. The Kier molecular flexibility index (Phi) is 5.04. The van der Waals surface area contributed by atoms with Crippen molar-refractivity contribution in [2.75, 3.05) is 26.7 Å². The first-order valence-electron chi connectivity index (χ1n) is 7.26. The molecule has 1 saturated heterocycles. The van der Waals surface area contributed by atoms with E-state index in [-0.39, 0.29) is 5.25 Å². The van der Waals surface area contributed by atoms with Crippen molar-refractivity contribution in [1.82, 2.24) is 9.62 Å². The van der Waals surface area contributed by atoms with Gasteiger partial charge in [-0.05, 0) is 44.7 Å². The van der Waals surface area contributed by atoms with Crippen LogP contribution in [0.1, 0.15) is 44.9 Å². The van der Waals surface area contributed by atoms with E-state index in [2.05, 4.69) is 5.32 Å². The van der Waals surface area contributed by atoms with Gasteiger partial charge in [-0.25, -0.2) is 12.7 Å². The van der Waals surface area contributed by atoms with E-state index in [1.165, 1.54) is 6.42 Å². The Morgan fingerprint density at radius 2 is 1.67 bits per heavy atom. The number of rotatable bonds is 4. The van der Waals surface area contributed by atoms with E-state index in [0.29, 0.717) is 12.5 Å². The molecule has 1 saturated carbocycles. The summed E-state index contributed by atoms with van der Waals surface area (Å²) in [5.41, 5.74) is 0. The normalized spacial score (nSPS) is 24.6. The van der Waals surface area contributed by atoms with Crippen LogP contribution in [0.15, 0.2) is 0 Å². The Labute approximate surface area is 111 Å². The molecule has 0 unspecified atom stereocenters. The first-order chi connectivity index (χ1) is 8.60. The molecule has 0 bridgehead atoms. The lowest BCUT2D eigenvalue weighted by molar-refractivity contribution is 0.306. The lowest BCUT2D eigenvalue weighted by atomic mass is 9.98. The first kappa shape index (κ1) is 14.3. The van der Waals surface area contributed by atoms with Crippen LogP contribution < -0.4 is 5.32 Å². The molecule has 18 heavy (non-hydrogen) atoms. The lowest BCUT2D eigenvalue weighted by Gasteiger charge is -2.31. The predicted octanol–water partition coefficient (Wildman–Crippen LogP) is 1.58. The molecule has 0 aromatic carbocycles. The Hall–Kier alpha value is -0.130. The van der Waals surface area contributed by atoms with Gasteiger partial charge in [0.15, 0.2) is 0 Å². The van der Waals surface area contributed by atoms with E-state index in [1.54, 1.807) is 11.4 Å². The lowest BCUT2D eigenvalue weighted by Crippen LogP contribution is -2.41. The number of hydrogen-bond acceptors (Lipinski definition) is 3. The molecule has 4 nitrogen and oxygen atoms in total. The second-order valence-corrected chi connectivity index (χ2v) is 8.10. The molecule has 106 valence electrons.